The molecule has 17 heavy (non-hydrogen) atoms. The van der Waals surface area contributed by atoms with Crippen LogP contribution in [-0.2, 0) is 0 Å². The topological polar surface area (TPSA) is 40.5 Å². The van der Waals surface area contributed by atoms with Crippen LogP contribution >= 0.6 is 0 Å². The maximum Gasteiger partial charge on any atom is 0.116 e. The van der Waals surface area contributed by atoms with Crippen LogP contribution in [0.15, 0.2) is 42.5 Å². The summed E-state index contributed by atoms with van der Waals surface area (Å²) in [7, 11) is 0. The van der Waals surface area contributed by atoms with Gasteiger partial charge >= 0.3 is 0 Å². The standard InChI is InChI=1S/C9H12O.C6H6O/c1-6-4-9(10)5-7(2)8(6)3;7-6-4-2-1-3-5-6/h4-5,10H,1-3H3;1-5,7H. The molecule has 90 valence electrons. The van der Waals surface area contributed by atoms with Crippen molar-refractivity contribution < 1.29 is 10.2 Å². The molecule has 0 unspecified atom stereocenters. The molecule has 0 fully saturated rings. The third kappa shape index (κ3) is 4.19. The summed E-state index contributed by atoms with van der Waals surface area (Å²) in [6, 6.07) is 12.3. The number of aromatic hydroxyl groups is 2. The minimum Gasteiger partial charge on any atom is -0.508 e. The number of rotatable bonds is 0. The SMILES string of the molecule is Cc1cc(O)cc(C)c1C.Oc1ccccc1. The number of benzene rings is 2. The molecule has 0 amide bonds. The predicted octanol–water partition coefficient (Wildman–Crippen LogP) is 3.71. The fourth-order valence-corrected chi connectivity index (χ4v) is 1.44. The largest absolute Gasteiger partial charge is 0.508 e. The van der Waals surface area contributed by atoms with Crippen LogP contribution in [0.4, 0.5) is 0 Å². The molecule has 0 heterocycles. The lowest BCUT2D eigenvalue weighted by Gasteiger charge is -2.03. The average Bonchev–Trinajstić information content (AvgIpc) is 2.27. The number of hydrogen-bond acceptors (Lipinski definition) is 2. The van der Waals surface area contributed by atoms with Crippen LogP contribution in [0.2, 0.25) is 0 Å². The first-order valence-electron chi connectivity index (χ1n) is 5.51. The van der Waals surface area contributed by atoms with Gasteiger partial charge in [0.25, 0.3) is 0 Å². The quantitative estimate of drug-likeness (QED) is 0.724. The summed E-state index contributed by atoms with van der Waals surface area (Å²) in [4.78, 5) is 0. The van der Waals surface area contributed by atoms with Gasteiger partial charge in [0.15, 0.2) is 0 Å². The number of aryl methyl sites for hydroxylation is 2. The third-order valence-electron chi connectivity index (χ3n) is 2.67. The minimum absolute atomic E-state index is 0.322. The Morgan fingerprint density at radius 3 is 1.53 bits per heavy atom. The van der Waals surface area contributed by atoms with E-state index < -0.39 is 0 Å². The molecule has 0 saturated heterocycles. The van der Waals surface area contributed by atoms with Crippen molar-refractivity contribution in [3.8, 4) is 11.5 Å². The molecule has 2 aromatic carbocycles. The highest BCUT2D eigenvalue weighted by Gasteiger charge is 1.97. The van der Waals surface area contributed by atoms with E-state index in [1.54, 1.807) is 36.4 Å². The zero-order valence-corrected chi connectivity index (χ0v) is 10.4. The van der Waals surface area contributed by atoms with Crippen LogP contribution in [0.5, 0.6) is 11.5 Å². The van der Waals surface area contributed by atoms with Crippen LogP contribution in [0.1, 0.15) is 16.7 Å². The monoisotopic (exact) mass is 230 g/mol. The summed E-state index contributed by atoms with van der Waals surface area (Å²) >= 11 is 0. The van der Waals surface area contributed by atoms with Gasteiger partial charge in [0, 0.05) is 0 Å². The summed E-state index contributed by atoms with van der Waals surface area (Å²) in [5.74, 6) is 0.683. The van der Waals surface area contributed by atoms with E-state index in [0.29, 0.717) is 11.5 Å². The molecule has 2 N–H and O–H groups in total. The van der Waals surface area contributed by atoms with Gasteiger partial charge in [0.05, 0.1) is 0 Å². The first-order valence-corrected chi connectivity index (χ1v) is 5.51. The lowest BCUT2D eigenvalue weighted by Crippen LogP contribution is -1.84. The van der Waals surface area contributed by atoms with Crippen molar-refractivity contribution in [2.75, 3.05) is 0 Å². The summed E-state index contributed by atoms with van der Waals surface area (Å²) < 4.78 is 0. The molecule has 2 heteroatoms. The molecule has 2 rings (SSSR count). The fourth-order valence-electron chi connectivity index (χ4n) is 1.44. The van der Waals surface area contributed by atoms with Crippen molar-refractivity contribution in [1.82, 2.24) is 0 Å². The van der Waals surface area contributed by atoms with Crippen molar-refractivity contribution in [3.63, 3.8) is 0 Å². The molecule has 2 nitrogen and oxygen atoms in total. The molecule has 0 saturated carbocycles. The van der Waals surface area contributed by atoms with Gasteiger partial charge < -0.3 is 10.2 Å². The van der Waals surface area contributed by atoms with Crippen LogP contribution in [0.3, 0.4) is 0 Å². The Labute approximate surface area is 102 Å². The average molecular weight is 230 g/mol. The lowest BCUT2D eigenvalue weighted by molar-refractivity contribution is 0.474. The molecule has 0 bridgehead atoms. The summed E-state index contributed by atoms with van der Waals surface area (Å²) in [5, 5.41) is 17.8. The Morgan fingerprint density at radius 1 is 0.706 bits per heavy atom. The zero-order chi connectivity index (χ0) is 12.8. The summed E-state index contributed by atoms with van der Waals surface area (Å²) in [6.45, 7) is 6.06. The van der Waals surface area contributed by atoms with E-state index in [-0.39, 0.29) is 0 Å². The summed E-state index contributed by atoms with van der Waals surface area (Å²) in [6.07, 6.45) is 0. The molecule has 0 aliphatic rings. The molecule has 0 aromatic heterocycles. The molecule has 0 radical (unpaired) electrons. The van der Waals surface area contributed by atoms with Crippen molar-refractivity contribution in [1.29, 1.82) is 0 Å². The van der Waals surface area contributed by atoms with Gasteiger partial charge in [-0.1, -0.05) is 18.2 Å². The van der Waals surface area contributed by atoms with Gasteiger partial charge in [-0.25, -0.2) is 0 Å². The van der Waals surface area contributed by atoms with Crippen LogP contribution in [0, 0.1) is 20.8 Å². The van der Waals surface area contributed by atoms with E-state index in [2.05, 4.69) is 6.92 Å². The second-order valence-electron chi connectivity index (χ2n) is 4.04. The normalized spacial score (nSPS) is 9.35. The van der Waals surface area contributed by atoms with E-state index in [4.69, 9.17) is 10.2 Å². The van der Waals surface area contributed by atoms with Crippen molar-refractivity contribution in [3.05, 3.63) is 59.2 Å². The van der Waals surface area contributed by atoms with Gasteiger partial charge in [0.2, 0.25) is 0 Å². The van der Waals surface area contributed by atoms with E-state index in [1.165, 1.54) is 5.56 Å². The number of hydrogen-bond donors (Lipinski definition) is 2. The van der Waals surface area contributed by atoms with Gasteiger partial charge in [-0.05, 0) is 61.7 Å². The highest BCUT2D eigenvalue weighted by molar-refractivity contribution is 5.39. The fraction of sp³-hybridized carbons (Fsp3) is 0.200. The lowest BCUT2D eigenvalue weighted by atomic mass is 10.0. The Kier molecular flexibility index (Phi) is 4.58. The Morgan fingerprint density at radius 2 is 1.18 bits per heavy atom. The Balaban J connectivity index is 0.000000181. The van der Waals surface area contributed by atoms with E-state index in [0.717, 1.165) is 11.1 Å². The molecular weight excluding hydrogens is 212 g/mol. The smallest absolute Gasteiger partial charge is 0.116 e. The Bertz CT molecular complexity index is 453. The van der Waals surface area contributed by atoms with Gasteiger partial charge in [-0.2, -0.15) is 0 Å². The second-order valence-corrected chi connectivity index (χ2v) is 4.04. The van der Waals surface area contributed by atoms with Crippen LogP contribution < -0.4 is 0 Å². The maximum atomic E-state index is 9.12. The van der Waals surface area contributed by atoms with E-state index in [9.17, 15) is 0 Å². The molecular formula is C15H18O2. The number of phenolic OH excluding ortho intramolecular Hbond substituents is 2. The highest BCUT2D eigenvalue weighted by atomic mass is 16.3. The summed E-state index contributed by atoms with van der Waals surface area (Å²) in [5.41, 5.74) is 3.56. The number of para-hydroxylation sites is 1. The van der Waals surface area contributed by atoms with Crippen LogP contribution in [0.25, 0.3) is 0 Å². The first kappa shape index (κ1) is 13.1. The maximum absolute atomic E-state index is 9.12. The van der Waals surface area contributed by atoms with E-state index >= 15 is 0 Å². The van der Waals surface area contributed by atoms with Crippen molar-refractivity contribution in [2.45, 2.75) is 20.8 Å². The molecule has 0 aliphatic heterocycles. The molecule has 0 atom stereocenters. The van der Waals surface area contributed by atoms with Gasteiger partial charge in [-0.3, -0.25) is 0 Å². The van der Waals surface area contributed by atoms with Crippen molar-refractivity contribution >= 4 is 0 Å². The van der Waals surface area contributed by atoms with E-state index in [1.807, 2.05) is 19.9 Å². The van der Waals surface area contributed by atoms with Gasteiger partial charge in [0.1, 0.15) is 11.5 Å². The second kappa shape index (κ2) is 5.94. The van der Waals surface area contributed by atoms with Crippen LogP contribution in [-0.4, -0.2) is 10.2 Å². The first-order chi connectivity index (χ1) is 8.00. The van der Waals surface area contributed by atoms with Gasteiger partial charge in [-0.15, -0.1) is 0 Å². The minimum atomic E-state index is 0.322. The molecule has 0 spiro atoms. The van der Waals surface area contributed by atoms with Crippen molar-refractivity contribution in [2.24, 2.45) is 0 Å². The third-order valence-corrected chi connectivity index (χ3v) is 2.67. The molecule has 0 aliphatic carbocycles. The molecule has 2 aromatic rings. The number of phenols is 2. The highest BCUT2D eigenvalue weighted by Crippen LogP contribution is 2.18. The zero-order valence-electron chi connectivity index (χ0n) is 10.4. The predicted molar refractivity (Wildman–Crippen MR) is 70.4 cm³/mol. The Hall–Kier alpha value is -1.96.